The summed E-state index contributed by atoms with van der Waals surface area (Å²) in [7, 11) is 1.57. The number of amides is 1. The fraction of sp³-hybridized carbons (Fsp3) is 0.235. The van der Waals surface area contributed by atoms with E-state index < -0.39 is 0 Å². The molecule has 3 N–H and O–H groups in total. The number of benzene rings is 2. The molecule has 2 rings (SSSR count). The summed E-state index contributed by atoms with van der Waals surface area (Å²) in [5, 5.41) is 2.96. The van der Waals surface area contributed by atoms with Gasteiger partial charge < -0.3 is 15.8 Å². The fourth-order valence-electron chi connectivity index (χ4n) is 2.19. The van der Waals surface area contributed by atoms with Crippen molar-refractivity contribution in [2.75, 3.05) is 12.8 Å². The highest BCUT2D eigenvalue weighted by Gasteiger charge is 2.13. The summed E-state index contributed by atoms with van der Waals surface area (Å²) in [6.45, 7) is 1.98. The number of methoxy groups -OCH3 is 1. The highest BCUT2D eigenvalue weighted by Crippen LogP contribution is 2.19. The first-order valence-electron chi connectivity index (χ1n) is 6.88. The largest absolute Gasteiger partial charge is 0.497 e. The number of hydrogen-bond donors (Lipinski definition) is 2. The first-order valence-corrected chi connectivity index (χ1v) is 6.88. The zero-order valence-electron chi connectivity index (χ0n) is 12.3. The van der Waals surface area contributed by atoms with Gasteiger partial charge in [0.2, 0.25) is 0 Å². The zero-order chi connectivity index (χ0) is 15.2. The van der Waals surface area contributed by atoms with Crippen LogP contribution in [0.2, 0.25) is 0 Å². The number of ether oxygens (including phenoxy) is 1. The number of rotatable bonds is 5. The van der Waals surface area contributed by atoms with E-state index in [4.69, 9.17) is 10.5 Å². The maximum absolute atomic E-state index is 12.2. The van der Waals surface area contributed by atoms with Crippen LogP contribution in [0.15, 0.2) is 48.5 Å². The molecular weight excluding hydrogens is 264 g/mol. The molecule has 0 spiro atoms. The van der Waals surface area contributed by atoms with Gasteiger partial charge in [-0.25, -0.2) is 0 Å². The van der Waals surface area contributed by atoms with Gasteiger partial charge in [-0.05, 0) is 31.0 Å². The first kappa shape index (κ1) is 14.9. The average molecular weight is 284 g/mol. The van der Waals surface area contributed by atoms with Crippen molar-refractivity contribution in [3.05, 3.63) is 59.7 Å². The Balaban J connectivity index is 2.01. The van der Waals surface area contributed by atoms with Gasteiger partial charge in [-0.2, -0.15) is 0 Å². The molecule has 1 atom stereocenters. The maximum Gasteiger partial charge on any atom is 0.253 e. The lowest BCUT2D eigenvalue weighted by atomic mass is 10.1. The van der Waals surface area contributed by atoms with E-state index in [1.165, 1.54) is 5.56 Å². The summed E-state index contributed by atoms with van der Waals surface area (Å²) in [6.07, 6.45) is 0.780. The van der Waals surface area contributed by atoms with Crippen molar-refractivity contribution < 1.29 is 9.53 Å². The van der Waals surface area contributed by atoms with Crippen molar-refractivity contribution in [1.82, 2.24) is 5.32 Å². The molecule has 0 heterocycles. The van der Waals surface area contributed by atoms with Crippen molar-refractivity contribution in [3.8, 4) is 5.75 Å². The zero-order valence-corrected chi connectivity index (χ0v) is 12.3. The molecule has 1 unspecified atom stereocenters. The van der Waals surface area contributed by atoms with Gasteiger partial charge in [0.1, 0.15) is 5.75 Å². The van der Waals surface area contributed by atoms with Gasteiger partial charge >= 0.3 is 0 Å². The molecule has 110 valence electrons. The molecule has 21 heavy (non-hydrogen) atoms. The average Bonchev–Trinajstić information content (AvgIpc) is 2.47. The van der Waals surface area contributed by atoms with Crippen LogP contribution in [0.4, 0.5) is 5.69 Å². The van der Waals surface area contributed by atoms with Crippen molar-refractivity contribution in [2.45, 2.75) is 19.4 Å². The maximum atomic E-state index is 12.2. The smallest absolute Gasteiger partial charge is 0.253 e. The highest BCUT2D eigenvalue weighted by atomic mass is 16.5. The molecule has 0 fully saturated rings. The Hall–Kier alpha value is -2.49. The predicted molar refractivity (Wildman–Crippen MR) is 84.5 cm³/mol. The Morgan fingerprint density at radius 2 is 1.95 bits per heavy atom. The third-order valence-corrected chi connectivity index (χ3v) is 3.27. The summed E-state index contributed by atoms with van der Waals surface area (Å²) in [5.41, 5.74) is 7.96. The number of hydrogen-bond acceptors (Lipinski definition) is 3. The van der Waals surface area contributed by atoms with Crippen LogP contribution < -0.4 is 15.8 Å². The predicted octanol–water partition coefficient (Wildman–Crippen LogP) is 2.64. The monoisotopic (exact) mass is 284 g/mol. The number of nitrogens with two attached hydrogens (primary N) is 1. The van der Waals surface area contributed by atoms with Gasteiger partial charge in [-0.1, -0.05) is 30.3 Å². The van der Waals surface area contributed by atoms with E-state index in [2.05, 4.69) is 5.32 Å². The molecule has 0 radical (unpaired) electrons. The summed E-state index contributed by atoms with van der Waals surface area (Å²) in [4.78, 5) is 12.2. The van der Waals surface area contributed by atoms with E-state index in [1.54, 1.807) is 25.3 Å². The second-order valence-electron chi connectivity index (χ2n) is 5.02. The molecule has 0 aliphatic rings. The van der Waals surface area contributed by atoms with Crippen LogP contribution in [0.5, 0.6) is 5.75 Å². The number of anilines is 1. The van der Waals surface area contributed by atoms with Crippen LogP contribution >= 0.6 is 0 Å². The highest BCUT2D eigenvalue weighted by molar-refractivity contribution is 5.99. The molecule has 0 aliphatic carbocycles. The van der Waals surface area contributed by atoms with Crippen LogP contribution in [0.3, 0.4) is 0 Å². The Morgan fingerprint density at radius 1 is 1.24 bits per heavy atom. The van der Waals surface area contributed by atoms with E-state index in [9.17, 15) is 4.79 Å². The van der Waals surface area contributed by atoms with Crippen LogP contribution in [0.25, 0.3) is 0 Å². The lowest BCUT2D eigenvalue weighted by molar-refractivity contribution is 0.0941. The Kier molecular flexibility index (Phi) is 4.82. The van der Waals surface area contributed by atoms with Gasteiger partial charge in [0, 0.05) is 17.8 Å². The van der Waals surface area contributed by atoms with E-state index >= 15 is 0 Å². The number of nitrogens with one attached hydrogen (secondary N) is 1. The minimum atomic E-state index is -0.168. The molecule has 0 saturated carbocycles. The minimum absolute atomic E-state index is 0.0291. The molecule has 4 heteroatoms. The topological polar surface area (TPSA) is 64.3 Å². The number of carbonyl (C=O) groups excluding carboxylic acids is 1. The van der Waals surface area contributed by atoms with Gasteiger partial charge in [0.05, 0.1) is 12.7 Å². The van der Waals surface area contributed by atoms with Crippen molar-refractivity contribution >= 4 is 11.6 Å². The molecule has 1 amide bonds. The molecule has 0 saturated heterocycles. The second-order valence-corrected chi connectivity index (χ2v) is 5.02. The van der Waals surface area contributed by atoms with Crippen LogP contribution in [-0.4, -0.2) is 19.1 Å². The van der Waals surface area contributed by atoms with Gasteiger partial charge in [-0.3, -0.25) is 4.79 Å². The summed E-state index contributed by atoms with van der Waals surface area (Å²) >= 11 is 0. The van der Waals surface area contributed by atoms with E-state index in [0.717, 1.165) is 6.42 Å². The molecular formula is C17H20N2O2. The molecule has 0 aromatic heterocycles. The van der Waals surface area contributed by atoms with Crippen LogP contribution in [-0.2, 0) is 6.42 Å². The van der Waals surface area contributed by atoms with E-state index in [1.807, 2.05) is 37.3 Å². The SMILES string of the molecule is COc1ccc(C(=O)NC(C)Cc2ccccc2)c(N)c1. The van der Waals surface area contributed by atoms with Gasteiger partial charge in [0.25, 0.3) is 5.91 Å². The minimum Gasteiger partial charge on any atom is -0.497 e. The third-order valence-electron chi connectivity index (χ3n) is 3.27. The molecule has 2 aromatic carbocycles. The van der Waals surface area contributed by atoms with Gasteiger partial charge in [-0.15, -0.1) is 0 Å². The first-order chi connectivity index (χ1) is 10.1. The molecule has 0 aliphatic heterocycles. The van der Waals surface area contributed by atoms with Gasteiger partial charge in [0.15, 0.2) is 0 Å². The van der Waals surface area contributed by atoms with E-state index in [0.29, 0.717) is 17.0 Å². The van der Waals surface area contributed by atoms with Crippen molar-refractivity contribution in [2.24, 2.45) is 0 Å². The van der Waals surface area contributed by atoms with Crippen molar-refractivity contribution in [3.63, 3.8) is 0 Å². The third kappa shape index (κ3) is 3.99. The lowest BCUT2D eigenvalue weighted by Crippen LogP contribution is -2.34. The second kappa shape index (κ2) is 6.79. The molecule has 0 bridgehead atoms. The molecule has 4 nitrogen and oxygen atoms in total. The van der Waals surface area contributed by atoms with Crippen LogP contribution in [0, 0.1) is 0 Å². The van der Waals surface area contributed by atoms with Crippen LogP contribution in [0.1, 0.15) is 22.8 Å². The fourth-order valence-corrected chi connectivity index (χ4v) is 2.19. The van der Waals surface area contributed by atoms with E-state index in [-0.39, 0.29) is 11.9 Å². The lowest BCUT2D eigenvalue weighted by Gasteiger charge is -2.15. The molecule has 2 aromatic rings. The standard InChI is InChI=1S/C17H20N2O2/c1-12(10-13-6-4-3-5-7-13)19-17(20)15-9-8-14(21-2)11-16(15)18/h3-9,11-12H,10,18H2,1-2H3,(H,19,20). The normalized spacial score (nSPS) is 11.7. The quantitative estimate of drug-likeness (QED) is 0.830. The summed E-state index contributed by atoms with van der Waals surface area (Å²) < 4.78 is 5.08. The summed E-state index contributed by atoms with van der Waals surface area (Å²) in [6, 6.07) is 15.1. The van der Waals surface area contributed by atoms with Crippen molar-refractivity contribution in [1.29, 1.82) is 0 Å². The Morgan fingerprint density at radius 3 is 2.57 bits per heavy atom. The Labute approximate surface area is 124 Å². The summed E-state index contributed by atoms with van der Waals surface area (Å²) in [5.74, 6) is 0.472. The number of nitrogen functional groups attached to an aromatic ring is 1. The number of carbonyl (C=O) groups is 1. The Bertz CT molecular complexity index is 611.